The van der Waals surface area contributed by atoms with E-state index in [0.717, 1.165) is 0 Å². The largest absolute Gasteiger partial charge is 1.00 e. The predicted octanol–water partition coefficient (Wildman–Crippen LogP) is -3.05. The summed E-state index contributed by atoms with van der Waals surface area (Å²) in [5.41, 5.74) is 0. The SMILES string of the molecule is N#C/C(Cl)=C\[O-].[Na+]. The molecule has 0 spiro atoms. The van der Waals surface area contributed by atoms with Crippen molar-refractivity contribution in [2.24, 2.45) is 0 Å². The molecule has 0 aromatic rings. The first-order valence-electron chi connectivity index (χ1n) is 1.19. The third-order valence-corrected chi connectivity index (χ3v) is 0.384. The number of nitrogens with zero attached hydrogens (tertiary/aromatic N) is 1. The van der Waals surface area contributed by atoms with Crippen LogP contribution in [-0.2, 0) is 0 Å². The zero-order chi connectivity index (χ0) is 4.99. The van der Waals surface area contributed by atoms with Crippen molar-refractivity contribution in [3.8, 4) is 6.07 Å². The molecule has 0 aliphatic carbocycles. The zero-order valence-electron chi connectivity index (χ0n) is 3.81. The average Bonchev–Trinajstić information content (AvgIpc) is 1.65. The fraction of sp³-hybridized carbons (Fsp3) is 0. The summed E-state index contributed by atoms with van der Waals surface area (Å²) in [4.78, 5) is 0. The van der Waals surface area contributed by atoms with Crippen molar-refractivity contribution >= 4 is 11.6 Å². The molecule has 0 saturated heterocycles. The standard InChI is InChI=1S/C3H2ClNO.Na/c4-3(1-5)2-6;/h2,6H;/q;+1/p-1/b3-2+;. The first kappa shape index (κ1) is 10.3. The molecule has 0 rings (SSSR count). The van der Waals surface area contributed by atoms with Crippen LogP contribution in [0.1, 0.15) is 0 Å². The van der Waals surface area contributed by atoms with Crippen molar-refractivity contribution < 1.29 is 34.7 Å². The van der Waals surface area contributed by atoms with Gasteiger partial charge in [-0.05, 0) is 0 Å². The molecule has 0 saturated carbocycles. The Bertz CT molecular complexity index is 106. The summed E-state index contributed by atoms with van der Waals surface area (Å²) in [6, 6.07) is 1.43. The third kappa shape index (κ3) is 6.32. The molecule has 2 nitrogen and oxygen atoms in total. The summed E-state index contributed by atoms with van der Waals surface area (Å²) < 4.78 is 0. The minimum Gasteiger partial charge on any atom is -0.876 e. The molecule has 0 fully saturated rings. The van der Waals surface area contributed by atoms with E-state index in [1.54, 1.807) is 0 Å². The number of rotatable bonds is 0. The van der Waals surface area contributed by atoms with Gasteiger partial charge in [0.2, 0.25) is 0 Å². The maximum absolute atomic E-state index is 9.34. The molecule has 0 aliphatic rings. The van der Waals surface area contributed by atoms with Crippen molar-refractivity contribution in [1.29, 1.82) is 5.26 Å². The van der Waals surface area contributed by atoms with Crippen LogP contribution >= 0.6 is 11.6 Å². The van der Waals surface area contributed by atoms with Crippen LogP contribution in [0.25, 0.3) is 0 Å². The second kappa shape index (κ2) is 6.32. The van der Waals surface area contributed by atoms with Gasteiger partial charge in [0.1, 0.15) is 11.1 Å². The van der Waals surface area contributed by atoms with E-state index in [2.05, 4.69) is 0 Å². The molecule has 0 bridgehead atoms. The van der Waals surface area contributed by atoms with Gasteiger partial charge in [-0.25, -0.2) is 0 Å². The Labute approximate surface area is 68.7 Å². The first-order chi connectivity index (χ1) is 2.81. The summed E-state index contributed by atoms with van der Waals surface area (Å²) in [6.45, 7) is 0. The fourth-order valence-electron chi connectivity index (χ4n) is 0.0264. The maximum atomic E-state index is 9.34. The van der Waals surface area contributed by atoms with E-state index in [1.807, 2.05) is 0 Å². The fourth-order valence-corrected chi connectivity index (χ4v) is 0.0264. The van der Waals surface area contributed by atoms with Crippen LogP contribution in [-0.4, -0.2) is 0 Å². The van der Waals surface area contributed by atoms with Crippen LogP contribution in [0.2, 0.25) is 0 Å². The van der Waals surface area contributed by atoms with Gasteiger partial charge in [0, 0.05) is 0 Å². The van der Waals surface area contributed by atoms with Gasteiger partial charge >= 0.3 is 29.6 Å². The van der Waals surface area contributed by atoms with Crippen molar-refractivity contribution in [3.63, 3.8) is 0 Å². The van der Waals surface area contributed by atoms with E-state index in [-0.39, 0.29) is 34.6 Å². The first-order valence-corrected chi connectivity index (χ1v) is 1.56. The monoisotopic (exact) mass is 125 g/mol. The van der Waals surface area contributed by atoms with E-state index >= 15 is 0 Å². The molecule has 0 aromatic carbocycles. The zero-order valence-corrected chi connectivity index (χ0v) is 6.57. The molecule has 0 N–H and O–H groups in total. The minimum atomic E-state index is -0.310. The second-order valence-corrected chi connectivity index (χ2v) is 0.985. The van der Waals surface area contributed by atoms with Gasteiger partial charge in [-0.1, -0.05) is 11.6 Å². The predicted molar refractivity (Wildman–Crippen MR) is 19.5 cm³/mol. The smallest absolute Gasteiger partial charge is 0.876 e. The summed E-state index contributed by atoms with van der Waals surface area (Å²) >= 11 is 4.84. The molecule has 0 amide bonds. The molecule has 4 heteroatoms. The summed E-state index contributed by atoms with van der Waals surface area (Å²) in [7, 11) is 0. The second-order valence-electron chi connectivity index (χ2n) is 0.578. The molecule has 7 heavy (non-hydrogen) atoms. The van der Waals surface area contributed by atoms with Crippen molar-refractivity contribution in [1.82, 2.24) is 0 Å². The number of allylic oxidation sites excluding steroid dienone is 1. The number of hydrogen-bond acceptors (Lipinski definition) is 2. The Hall–Kier alpha value is 0.320. The van der Waals surface area contributed by atoms with Crippen LogP contribution in [0.3, 0.4) is 0 Å². The van der Waals surface area contributed by atoms with Crippen LogP contribution < -0.4 is 34.7 Å². The van der Waals surface area contributed by atoms with Gasteiger partial charge < -0.3 is 5.11 Å². The molecule has 0 radical (unpaired) electrons. The van der Waals surface area contributed by atoms with Crippen LogP contribution in [0.4, 0.5) is 0 Å². The quantitative estimate of drug-likeness (QED) is 0.196. The van der Waals surface area contributed by atoms with E-state index in [9.17, 15) is 5.11 Å². The molecular weight excluding hydrogens is 124 g/mol. The van der Waals surface area contributed by atoms with Gasteiger partial charge in [-0.2, -0.15) is 5.26 Å². The normalized spacial score (nSPS) is 8.86. The minimum absolute atomic E-state index is 0. The van der Waals surface area contributed by atoms with E-state index < -0.39 is 0 Å². The van der Waals surface area contributed by atoms with E-state index in [0.29, 0.717) is 6.26 Å². The van der Waals surface area contributed by atoms with Crippen LogP contribution in [0.15, 0.2) is 11.3 Å². The molecule has 0 aliphatic heterocycles. The summed E-state index contributed by atoms with van der Waals surface area (Å²) in [6.07, 6.45) is 0.293. The summed E-state index contributed by atoms with van der Waals surface area (Å²) in [5.74, 6) is 0. The molecular formula is C3HClNNaO. The Morgan fingerprint density at radius 1 is 1.86 bits per heavy atom. The Morgan fingerprint density at radius 3 is 2.29 bits per heavy atom. The average molecular weight is 125 g/mol. The van der Waals surface area contributed by atoms with Gasteiger partial charge in [0.25, 0.3) is 0 Å². The summed E-state index contributed by atoms with van der Waals surface area (Å²) in [5, 5.41) is 16.7. The number of halogens is 1. The molecule has 0 heterocycles. The Morgan fingerprint density at radius 2 is 2.29 bits per heavy atom. The van der Waals surface area contributed by atoms with Gasteiger partial charge in [0.15, 0.2) is 0 Å². The van der Waals surface area contributed by atoms with E-state index in [1.165, 1.54) is 6.07 Å². The number of nitriles is 1. The van der Waals surface area contributed by atoms with Gasteiger partial charge in [-0.15, -0.1) is 6.26 Å². The van der Waals surface area contributed by atoms with Crippen molar-refractivity contribution in [2.75, 3.05) is 0 Å². The molecule has 32 valence electrons. The Kier molecular flexibility index (Phi) is 9.33. The molecule has 0 aromatic heterocycles. The molecule has 0 atom stereocenters. The molecule has 0 unspecified atom stereocenters. The third-order valence-electron chi connectivity index (χ3n) is 0.210. The maximum Gasteiger partial charge on any atom is 1.00 e. The van der Waals surface area contributed by atoms with Crippen molar-refractivity contribution in [3.05, 3.63) is 11.3 Å². The van der Waals surface area contributed by atoms with Gasteiger partial charge in [0.05, 0.1) is 0 Å². The van der Waals surface area contributed by atoms with Gasteiger partial charge in [-0.3, -0.25) is 0 Å². The number of hydrogen-bond donors (Lipinski definition) is 0. The van der Waals surface area contributed by atoms with Crippen LogP contribution in [0.5, 0.6) is 0 Å². The van der Waals surface area contributed by atoms with Crippen LogP contribution in [0, 0.1) is 11.3 Å². The van der Waals surface area contributed by atoms with E-state index in [4.69, 9.17) is 16.9 Å². The topological polar surface area (TPSA) is 46.8 Å². The van der Waals surface area contributed by atoms with Crippen molar-refractivity contribution in [2.45, 2.75) is 0 Å². The Balaban J connectivity index is 0.